The Morgan fingerprint density at radius 1 is 0.913 bits per heavy atom. The minimum Gasteiger partial charge on any atom is -0.494 e. The van der Waals surface area contributed by atoms with Gasteiger partial charge in [0.2, 0.25) is 5.88 Å². The first-order valence-electron chi connectivity index (χ1n) is 16.9. The second-order valence-electron chi connectivity index (χ2n) is 12.4. The van der Waals surface area contributed by atoms with E-state index in [2.05, 4.69) is 57.0 Å². The SMILES string of the molecule is CCCCc1c2c(c(CCCC)c3[nH]c(=c4ccc(=C5c6c(c(-c7cccs7)n(CCC)c6O)C(=O)N5CCC)s4)cc13)=CC=N2. The number of fused-ring (bicyclic) bond motifs is 3. The van der Waals surface area contributed by atoms with Crippen molar-refractivity contribution < 1.29 is 9.90 Å². The van der Waals surface area contributed by atoms with E-state index in [4.69, 9.17) is 4.99 Å². The zero-order chi connectivity index (χ0) is 31.9. The summed E-state index contributed by atoms with van der Waals surface area (Å²) in [6, 6.07) is 10.7. The second kappa shape index (κ2) is 12.7. The Bertz CT molecular complexity index is 2200. The molecule has 0 bridgehead atoms. The van der Waals surface area contributed by atoms with Crippen LogP contribution in [-0.2, 0) is 19.4 Å². The first-order valence-corrected chi connectivity index (χ1v) is 18.6. The van der Waals surface area contributed by atoms with Gasteiger partial charge in [-0.2, -0.15) is 0 Å². The number of carbonyl (C=O) groups is 1. The lowest BCUT2D eigenvalue weighted by Crippen LogP contribution is -2.28. The van der Waals surface area contributed by atoms with Crippen LogP contribution in [0.25, 0.3) is 33.2 Å². The van der Waals surface area contributed by atoms with Crippen LogP contribution in [0.1, 0.15) is 93.3 Å². The van der Waals surface area contributed by atoms with E-state index in [0.29, 0.717) is 24.2 Å². The molecule has 0 radical (unpaired) electrons. The van der Waals surface area contributed by atoms with Crippen LogP contribution in [-0.4, -0.2) is 38.2 Å². The summed E-state index contributed by atoms with van der Waals surface area (Å²) in [7, 11) is 0. The van der Waals surface area contributed by atoms with Crippen LogP contribution in [0.2, 0.25) is 0 Å². The van der Waals surface area contributed by atoms with Gasteiger partial charge < -0.3 is 19.6 Å². The maximum Gasteiger partial charge on any atom is 0.261 e. The molecule has 0 saturated carbocycles. The van der Waals surface area contributed by atoms with Crippen LogP contribution in [0.5, 0.6) is 5.88 Å². The van der Waals surface area contributed by atoms with Crippen molar-refractivity contribution in [3.63, 3.8) is 0 Å². The summed E-state index contributed by atoms with van der Waals surface area (Å²) < 4.78 is 4.06. The van der Waals surface area contributed by atoms with Gasteiger partial charge in [-0.05, 0) is 85.4 Å². The molecule has 4 aromatic heterocycles. The van der Waals surface area contributed by atoms with Crippen molar-refractivity contribution in [3.05, 3.63) is 77.6 Å². The van der Waals surface area contributed by atoms with Gasteiger partial charge in [-0.15, -0.1) is 22.7 Å². The van der Waals surface area contributed by atoms with E-state index in [9.17, 15) is 9.90 Å². The van der Waals surface area contributed by atoms with Crippen LogP contribution >= 0.6 is 22.7 Å². The molecule has 2 N–H and O–H groups in total. The Morgan fingerprint density at radius 2 is 1.67 bits per heavy atom. The van der Waals surface area contributed by atoms with Gasteiger partial charge in [0.1, 0.15) is 0 Å². The minimum absolute atomic E-state index is 0.0200. The number of nitrogens with zero attached hydrogens (tertiary/aromatic N) is 3. The number of benzene rings is 1. The number of thiophene rings is 2. The summed E-state index contributed by atoms with van der Waals surface area (Å²) in [6.45, 7) is 9.94. The maximum atomic E-state index is 14.2. The largest absolute Gasteiger partial charge is 0.494 e. The zero-order valence-corrected chi connectivity index (χ0v) is 28.8. The number of rotatable bonds is 11. The number of aryl methyl sites for hydroxylation is 2. The molecule has 1 amide bonds. The highest BCUT2D eigenvalue weighted by Gasteiger charge is 2.41. The third kappa shape index (κ3) is 4.88. The Balaban J connectivity index is 1.50. The Kier molecular flexibility index (Phi) is 8.51. The predicted octanol–water partition coefficient (Wildman–Crippen LogP) is 8.37. The predicted molar refractivity (Wildman–Crippen MR) is 193 cm³/mol. The topological polar surface area (TPSA) is 73.6 Å². The van der Waals surface area contributed by atoms with Crippen molar-refractivity contribution in [2.75, 3.05) is 6.54 Å². The molecular weight excluding hydrogens is 609 g/mol. The number of unbranched alkanes of at least 4 members (excludes halogenated alkanes) is 2. The van der Waals surface area contributed by atoms with Gasteiger partial charge in [0.25, 0.3) is 5.91 Å². The number of aromatic amines is 1. The highest BCUT2D eigenvalue weighted by molar-refractivity contribution is 7.13. The number of hydrogen-bond donors (Lipinski definition) is 2. The average molecular weight is 651 g/mol. The molecule has 8 heteroatoms. The smallest absolute Gasteiger partial charge is 0.261 e. The van der Waals surface area contributed by atoms with Crippen LogP contribution in [0.4, 0.5) is 5.69 Å². The molecule has 5 aromatic rings. The Morgan fingerprint density at radius 3 is 2.39 bits per heavy atom. The monoisotopic (exact) mass is 650 g/mol. The summed E-state index contributed by atoms with van der Waals surface area (Å²) in [5, 5.41) is 17.4. The van der Waals surface area contributed by atoms with E-state index in [-0.39, 0.29) is 11.8 Å². The van der Waals surface area contributed by atoms with Crippen molar-refractivity contribution >= 4 is 63.2 Å². The minimum atomic E-state index is -0.0200. The third-order valence-electron chi connectivity index (χ3n) is 9.27. The molecule has 0 aliphatic carbocycles. The van der Waals surface area contributed by atoms with E-state index in [1.165, 1.54) is 27.2 Å². The standard InChI is InChI=1S/C38H42N4O2S2/c1-5-9-12-23-25-17-18-39-33(25)24(13-10-6-2)26-22-27(40-34(23)26)28-15-16-30(46-28)36-32-31(37(43)42(36)20-8-4)35(29-14-11-21-45-29)41(19-7-3)38(32)44/h11,14-18,21-22,40,44H,5-10,12-13,19-20H2,1-4H3. The van der Waals surface area contributed by atoms with Gasteiger partial charge >= 0.3 is 0 Å². The van der Waals surface area contributed by atoms with Gasteiger partial charge in [-0.1, -0.05) is 46.6 Å². The molecule has 0 fully saturated rings. The lowest BCUT2D eigenvalue weighted by atomic mass is 9.94. The van der Waals surface area contributed by atoms with Crippen LogP contribution < -0.4 is 9.75 Å². The molecule has 0 unspecified atom stereocenters. The lowest BCUT2D eigenvalue weighted by Gasteiger charge is -2.19. The Labute approximate surface area is 277 Å². The molecule has 2 aliphatic heterocycles. The number of aromatic nitrogens is 2. The number of H-pyrrole nitrogens is 1. The molecule has 238 valence electrons. The van der Waals surface area contributed by atoms with Crippen LogP contribution in [0.15, 0.2) is 40.7 Å². The molecule has 2 aliphatic rings. The molecule has 6 heterocycles. The second-order valence-corrected chi connectivity index (χ2v) is 14.4. The maximum absolute atomic E-state index is 14.2. The Hall–Kier alpha value is -3.88. The molecule has 0 atom stereocenters. The lowest BCUT2D eigenvalue weighted by molar-refractivity contribution is 0.0850. The quantitative estimate of drug-likeness (QED) is 0.151. The molecule has 1 aromatic carbocycles. The normalized spacial score (nSPS) is 15.7. The highest BCUT2D eigenvalue weighted by atomic mass is 32.1. The molecule has 6 nitrogen and oxygen atoms in total. The van der Waals surface area contributed by atoms with Gasteiger partial charge in [0.15, 0.2) is 0 Å². The van der Waals surface area contributed by atoms with Crippen LogP contribution in [0.3, 0.4) is 0 Å². The van der Waals surface area contributed by atoms with Crippen molar-refractivity contribution in [2.45, 2.75) is 85.6 Å². The van der Waals surface area contributed by atoms with E-state index in [1.54, 1.807) is 22.7 Å². The number of hydrogen-bond acceptors (Lipinski definition) is 5. The number of nitrogens with one attached hydrogen (secondary N) is 1. The number of carbonyl (C=O) groups excluding carboxylic acids is 1. The molecule has 46 heavy (non-hydrogen) atoms. The fourth-order valence-electron chi connectivity index (χ4n) is 7.19. The van der Waals surface area contributed by atoms with Gasteiger partial charge in [0, 0.05) is 29.9 Å². The van der Waals surface area contributed by atoms with Gasteiger partial charge in [-0.25, -0.2) is 0 Å². The fraction of sp³-hybridized carbons (Fsp3) is 0.368. The van der Waals surface area contributed by atoms with Crippen molar-refractivity contribution in [2.24, 2.45) is 4.99 Å². The average Bonchev–Trinajstić information content (AvgIpc) is 3.90. The number of amides is 1. The third-order valence-corrected chi connectivity index (χ3v) is 11.3. The summed E-state index contributed by atoms with van der Waals surface area (Å²) in [6.07, 6.45) is 12.4. The summed E-state index contributed by atoms with van der Waals surface area (Å²) in [5.74, 6) is 0.170. The molecular formula is C38H42N4O2S2. The van der Waals surface area contributed by atoms with E-state index >= 15 is 0 Å². The number of aliphatic imine (C=N–C) groups is 1. The molecule has 7 rings (SSSR count). The van der Waals surface area contributed by atoms with Crippen molar-refractivity contribution in [1.29, 1.82) is 0 Å². The first kappa shape index (κ1) is 30.8. The van der Waals surface area contributed by atoms with Crippen molar-refractivity contribution in [3.8, 4) is 16.5 Å². The number of aromatic hydroxyl groups is 1. The van der Waals surface area contributed by atoms with Gasteiger partial charge in [-0.3, -0.25) is 9.79 Å². The van der Waals surface area contributed by atoms with Gasteiger partial charge in [0.05, 0.1) is 53.0 Å². The summed E-state index contributed by atoms with van der Waals surface area (Å²) in [4.78, 5) is 25.8. The van der Waals surface area contributed by atoms with E-state index in [0.717, 1.165) is 87.7 Å². The summed E-state index contributed by atoms with van der Waals surface area (Å²) >= 11 is 3.29. The van der Waals surface area contributed by atoms with E-state index in [1.807, 2.05) is 33.2 Å². The van der Waals surface area contributed by atoms with Crippen molar-refractivity contribution in [1.82, 2.24) is 14.5 Å². The van der Waals surface area contributed by atoms with Crippen LogP contribution in [0, 0.1) is 9.88 Å². The van der Waals surface area contributed by atoms with E-state index < -0.39 is 0 Å². The summed E-state index contributed by atoms with van der Waals surface area (Å²) in [5.41, 5.74) is 8.07. The zero-order valence-electron chi connectivity index (χ0n) is 27.2. The first-order chi connectivity index (χ1) is 22.5. The molecule has 0 spiro atoms. The highest BCUT2D eigenvalue weighted by Crippen LogP contribution is 2.46. The fourth-order valence-corrected chi connectivity index (χ4v) is 9.01. The molecule has 0 saturated heterocycles.